The molecule has 0 bridgehead atoms. The van der Waals surface area contributed by atoms with E-state index in [1.54, 1.807) is 34.3 Å². The lowest BCUT2D eigenvalue weighted by Crippen LogP contribution is -2.52. The van der Waals surface area contributed by atoms with Gasteiger partial charge in [0.1, 0.15) is 22.8 Å². The summed E-state index contributed by atoms with van der Waals surface area (Å²) in [6.45, 7) is 2.95. The molecule has 3 aliphatic rings. The predicted octanol–water partition coefficient (Wildman–Crippen LogP) is 4.63. The van der Waals surface area contributed by atoms with E-state index < -0.39 is 17.9 Å². The number of hydrogen-bond acceptors (Lipinski definition) is 13. The minimum atomic E-state index is -0.725. The van der Waals surface area contributed by atoms with Crippen molar-refractivity contribution in [2.75, 3.05) is 43.9 Å². The minimum absolute atomic E-state index is 0.206. The molecule has 0 radical (unpaired) electrons. The second kappa shape index (κ2) is 16.1. The fourth-order valence-corrected chi connectivity index (χ4v) is 9.24. The quantitative estimate of drug-likeness (QED) is 0.167. The third-order valence-electron chi connectivity index (χ3n) is 11.5. The Kier molecular flexibility index (Phi) is 10.7. The molecule has 2 aliphatic heterocycles. The van der Waals surface area contributed by atoms with Gasteiger partial charge in [0.25, 0.3) is 5.91 Å². The number of aromatic nitrogens is 6. The zero-order valence-electron chi connectivity index (χ0n) is 31.4. The van der Waals surface area contributed by atoms with Crippen LogP contribution in [0.1, 0.15) is 78.3 Å². The van der Waals surface area contributed by atoms with Crippen molar-refractivity contribution in [1.29, 1.82) is 5.26 Å². The Morgan fingerprint density at radius 3 is 2.55 bits per heavy atom. The van der Waals surface area contributed by atoms with E-state index in [0.717, 1.165) is 102 Å². The largest absolute Gasteiger partial charge is 0.387 e. The van der Waals surface area contributed by atoms with Gasteiger partial charge in [0.15, 0.2) is 5.01 Å². The van der Waals surface area contributed by atoms with E-state index >= 15 is 0 Å². The zero-order chi connectivity index (χ0) is 38.8. The molecule has 3 amide bonds. The molecule has 1 saturated carbocycles. The molecule has 15 nitrogen and oxygen atoms in total. The first-order valence-electron chi connectivity index (χ1n) is 19.2. The third kappa shape index (κ3) is 7.82. The van der Waals surface area contributed by atoms with Gasteiger partial charge in [-0.1, -0.05) is 11.3 Å². The SMILES string of the molecule is CNc1cc(-c2ccc3cc(C#N)cnn23)ncc1-c1nnc(C2CCC(N(C)CC3CCN(c4ccc(C(=O)NC5CCC(=O)NC5=O)nc4)CC3)CC2)s1. The Balaban J connectivity index is 0.804. The fraction of sp³-hybridized carbons (Fsp3) is 0.425. The van der Waals surface area contributed by atoms with Crippen molar-refractivity contribution in [1.82, 2.24) is 45.3 Å². The lowest BCUT2D eigenvalue weighted by atomic mass is 9.85. The molecule has 3 fully saturated rings. The molecular weight excluding hydrogens is 729 g/mol. The molecule has 56 heavy (non-hydrogen) atoms. The van der Waals surface area contributed by atoms with Gasteiger partial charge in [-0.05, 0) is 94.3 Å². The van der Waals surface area contributed by atoms with Gasteiger partial charge in [-0.25, -0.2) is 9.50 Å². The smallest absolute Gasteiger partial charge is 0.270 e. The van der Waals surface area contributed by atoms with Crippen LogP contribution in [0.15, 0.2) is 55.0 Å². The molecule has 0 spiro atoms. The molecule has 7 heterocycles. The number of nitriles is 1. The molecule has 8 rings (SSSR count). The molecule has 1 aliphatic carbocycles. The number of carbonyl (C=O) groups excluding carboxylic acids is 3. The normalized spacial score (nSPS) is 20.5. The first-order valence-corrected chi connectivity index (χ1v) is 20.0. The molecule has 5 aromatic heterocycles. The van der Waals surface area contributed by atoms with Crippen LogP contribution in [0.4, 0.5) is 11.4 Å². The maximum atomic E-state index is 12.7. The van der Waals surface area contributed by atoms with Gasteiger partial charge in [-0.2, -0.15) is 10.4 Å². The first kappa shape index (κ1) is 37.1. The van der Waals surface area contributed by atoms with Crippen molar-refractivity contribution in [2.24, 2.45) is 5.92 Å². The Morgan fingerprint density at radius 1 is 1.00 bits per heavy atom. The van der Waals surface area contributed by atoms with Gasteiger partial charge >= 0.3 is 0 Å². The number of pyridine rings is 2. The van der Waals surface area contributed by atoms with Crippen LogP contribution in [0, 0.1) is 17.2 Å². The second-order valence-electron chi connectivity index (χ2n) is 15.0. The van der Waals surface area contributed by atoms with Crippen molar-refractivity contribution >= 4 is 45.9 Å². The van der Waals surface area contributed by atoms with Crippen LogP contribution in [0.5, 0.6) is 0 Å². The van der Waals surface area contributed by atoms with Crippen LogP contribution < -0.4 is 20.9 Å². The highest BCUT2D eigenvalue weighted by Crippen LogP contribution is 2.40. The number of nitrogens with one attached hydrogen (secondary N) is 3. The van der Waals surface area contributed by atoms with Gasteiger partial charge in [0.05, 0.1) is 46.1 Å². The lowest BCUT2D eigenvalue weighted by Gasteiger charge is -2.39. The maximum absolute atomic E-state index is 12.7. The lowest BCUT2D eigenvalue weighted by molar-refractivity contribution is -0.134. The van der Waals surface area contributed by atoms with E-state index in [2.05, 4.69) is 59.1 Å². The van der Waals surface area contributed by atoms with Crippen LogP contribution in [-0.4, -0.2) is 98.2 Å². The van der Waals surface area contributed by atoms with Gasteiger partial charge in [-0.3, -0.25) is 24.7 Å². The van der Waals surface area contributed by atoms with E-state index in [-0.39, 0.29) is 18.0 Å². The van der Waals surface area contributed by atoms with Gasteiger partial charge < -0.3 is 20.4 Å². The number of rotatable bonds is 10. The standard InChI is InChI=1S/C40H44N12O3S/c1-42-33-18-34(35-11-8-28-17-25(19-41)20-45-52(28)35)44-22-30(33)40-49-48-39(56-40)26-3-5-27(6-4-26)50(2)23-24-13-15-51(16-14-24)29-7-9-31(43-21-29)37(54)46-32-10-12-36(53)47-38(32)55/h7-9,11,17-18,20-22,24,26-27,32H,3-6,10,12-16,23H2,1-2H3,(H,42,44)(H,46,54)(H,47,53,55). The molecule has 1 atom stereocenters. The van der Waals surface area contributed by atoms with E-state index in [1.165, 1.54) is 0 Å². The summed E-state index contributed by atoms with van der Waals surface area (Å²) < 4.78 is 1.79. The summed E-state index contributed by atoms with van der Waals surface area (Å²) >= 11 is 1.66. The number of imide groups is 1. The van der Waals surface area contributed by atoms with Crippen molar-refractivity contribution in [2.45, 2.75) is 69.4 Å². The zero-order valence-corrected chi connectivity index (χ0v) is 32.3. The summed E-state index contributed by atoms with van der Waals surface area (Å²) in [7, 11) is 4.17. The fourth-order valence-electron chi connectivity index (χ4n) is 8.20. The highest BCUT2D eigenvalue weighted by Gasteiger charge is 2.31. The average molecular weight is 773 g/mol. The molecule has 1 unspecified atom stereocenters. The van der Waals surface area contributed by atoms with Crippen molar-refractivity contribution < 1.29 is 14.4 Å². The highest BCUT2D eigenvalue weighted by atomic mass is 32.1. The van der Waals surface area contributed by atoms with Gasteiger partial charge in [0.2, 0.25) is 11.8 Å². The van der Waals surface area contributed by atoms with E-state index in [1.807, 2.05) is 43.6 Å². The van der Waals surface area contributed by atoms with Crippen LogP contribution in [0.2, 0.25) is 0 Å². The second-order valence-corrected chi connectivity index (χ2v) is 16.0. The van der Waals surface area contributed by atoms with Crippen LogP contribution >= 0.6 is 11.3 Å². The monoisotopic (exact) mass is 772 g/mol. The van der Waals surface area contributed by atoms with E-state index in [4.69, 9.17) is 4.98 Å². The van der Waals surface area contributed by atoms with Crippen molar-refractivity contribution in [3.05, 3.63) is 71.3 Å². The summed E-state index contributed by atoms with van der Waals surface area (Å²) in [4.78, 5) is 50.1. The molecular formula is C40H44N12O3S. The molecule has 5 aromatic rings. The summed E-state index contributed by atoms with van der Waals surface area (Å²) in [5.74, 6) is -0.188. The molecule has 3 N–H and O–H groups in total. The Bertz CT molecular complexity index is 2280. The van der Waals surface area contributed by atoms with Crippen molar-refractivity contribution in [3.8, 4) is 28.0 Å². The summed E-state index contributed by atoms with van der Waals surface area (Å²) in [5.41, 5.74) is 6.05. The maximum Gasteiger partial charge on any atom is 0.270 e. The average Bonchev–Trinajstić information content (AvgIpc) is 3.90. The highest BCUT2D eigenvalue weighted by molar-refractivity contribution is 7.14. The summed E-state index contributed by atoms with van der Waals surface area (Å²) in [5, 5.41) is 33.2. The number of hydrogen-bond donors (Lipinski definition) is 3. The van der Waals surface area contributed by atoms with E-state index in [0.29, 0.717) is 29.9 Å². The van der Waals surface area contributed by atoms with Crippen LogP contribution in [0.3, 0.4) is 0 Å². The summed E-state index contributed by atoms with van der Waals surface area (Å²) in [6, 6.07) is 13.3. The summed E-state index contributed by atoms with van der Waals surface area (Å²) in [6.07, 6.45) is 12.3. The Morgan fingerprint density at radius 2 is 1.82 bits per heavy atom. The number of amides is 3. The van der Waals surface area contributed by atoms with Crippen LogP contribution in [-0.2, 0) is 9.59 Å². The van der Waals surface area contributed by atoms with Gasteiger partial charge in [0, 0.05) is 56.9 Å². The number of anilines is 2. The number of nitrogens with zero attached hydrogens (tertiary/aromatic N) is 9. The topological polar surface area (TPSA) is 186 Å². The third-order valence-corrected chi connectivity index (χ3v) is 12.6. The first-order chi connectivity index (χ1) is 27.3. The molecule has 2 saturated heterocycles. The van der Waals surface area contributed by atoms with Crippen molar-refractivity contribution in [3.63, 3.8) is 0 Å². The molecule has 0 aromatic carbocycles. The van der Waals surface area contributed by atoms with Crippen LogP contribution in [0.25, 0.3) is 27.5 Å². The Hall–Kier alpha value is -5.79. The van der Waals surface area contributed by atoms with Gasteiger partial charge in [-0.15, -0.1) is 10.2 Å². The number of carbonyl (C=O) groups is 3. The number of piperidine rings is 2. The predicted molar refractivity (Wildman–Crippen MR) is 212 cm³/mol. The Labute approximate surface area is 328 Å². The minimum Gasteiger partial charge on any atom is -0.387 e. The molecule has 288 valence electrons. The molecule has 16 heteroatoms. The van der Waals surface area contributed by atoms with E-state index in [9.17, 15) is 19.6 Å². The number of fused-ring (bicyclic) bond motifs is 1.